The van der Waals surface area contributed by atoms with Crippen LogP contribution in [-0.2, 0) is 5.41 Å². The zero-order valence-electron chi connectivity index (χ0n) is 37.5. The topological polar surface area (TPSA) is 3.24 Å². The predicted octanol–water partition coefficient (Wildman–Crippen LogP) is 16.7. The number of fused-ring (bicyclic) bond motifs is 3. The average molecular weight is 820 g/mol. The third kappa shape index (κ3) is 7.23. The maximum absolute atomic E-state index is 9.91. The van der Waals surface area contributed by atoms with Crippen LogP contribution >= 0.6 is 0 Å². The van der Waals surface area contributed by atoms with Gasteiger partial charge in [-0.1, -0.05) is 232 Å². The zero-order chi connectivity index (χ0) is 45.0. The highest BCUT2D eigenvalue weighted by molar-refractivity contribution is 5.93. The Hall–Kier alpha value is -8.26. The highest BCUT2D eigenvalue weighted by atomic mass is 15.1. The van der Waals surface area contributed by atoms with Crippen LogP contribution in [-0.4, -0.2) is 0 Å². The van der Waals surface area contributed by atoms with E-state index in [0.717, 1.165) is 78.2 Å². The summed E-state index contributed by atoms with van der Waals surface area (Å²) in [6.07, 6.45) is 7.98. The molecular formula is C63H47N. The van der Waals surface area contributed by atoms with E-state index in [-0.39, 0.29) is 0 Å². The van der Waals surface area contributed by atoms with Crippen molar-refractivity contribution in [1.82, 2.24) is 0 Å². The summed E-state index contributed by atoms with van der Waals surface area (Å²) in [5, 5.41) is 0. The summed E-state index contributed by atoms with van der Waals surface area (Å²) in [5.74, 6) is 0. The van der Waals surface area contributed by atoms with Crippen molar-refractivity contribution < 1.29 is 2.74 Å². The highest BCUT2D eigenvalue weighted by Gasteiger charge is 2.46. The number of hydrogen-bond acceptors (Lipinski definition) is 1. The first-order valence-electron chi connectivity index (χ1n) is 22.7. The monoisotopic (exact) mass is 819 g/mol. The van der Waals surface area contributed by atoms with Crippen LogP contribution in [0.25, 0.3) is 45.0 Å². The zero-order valence-corrected chi connectivity index (χ0v) is 35.5. The molecule has 1 aliphatic carbocycles. The Balaban J connectivity index is 1.19. The summed E-state index contributed by atoms with van der Waals surface area (Å²) >= 11 is 0. The summed E-state index contributed by atoms with van der Waals surface area (Å²) in [4.78, 5) is 2.14. The van der Waals surface area contributed by atoms with Crippen molar-refractivity contribution >= 4 is 28.7 Å². The van der Waals surface area contributed by atoms with Gasteiger partial charge in [-0.15, -0.1) is 0 Å². The molecule has 0 aliphatic heterocycles. The van der Waals surface area contributed by atoms with E-state index in [4.69, 9.17) is 0 Å². The molecule has 0 aromatic heterocycles. The van der Waals surface area contributed by atoms with Crippen molar-refractivity contribution in [3.8, 4) is 33.4 Å². The summed E-state index contributed by atoms with van der Waals surface area (Å²) in [7, 11) is 0. The van der Waals surface area contributed by atoms with Gasteiger partial charge in [0.2, 0.25) is 0 Å². The van der Waals surface area contributed by atoms with Gasteiger partial charge in [-0.25, -0.2) is 0 Å². The number of rotatable bonds is 12. The maximum atomic E-state index is 9.91. The van der Waals surface area contributed by atoms with Crippen molar-refractivity contribution in [3.63, 3.8) is 0 Å². The molecule has 0 saturated carbocycles. The lowest BCUT2D eigenvalue weighted by Gasteiger charge is -2.35. The van der Waals surface area contributed by atoms with Crippen LogP contribution in [0, 0.1) is 0 Å². The highest BCUT2D eigenvalue weighted by Crippen LogP contribution is 2.57. The van der Waals surface area contributed by atoms with Gasteiger partial charge >= 0.3 is 0 Å². The molecule has 9 aromatic rings. The van der Waals surface area contributed by atoms with E-state index in [2.05, 4.69) is 200 Å². The first-order chi connectivity index (χ1) is 32.5. The fourth-order valence-electron chi connectivity index (χ4n) is 9.49. The molecular weight excluding hydrogens is 771 g/mol. The second-order valence-electron chi connectivity index (χ2n) is 16.0. The minimum absolute atomic E-state index is 0.297. The lowest BCUT2D eigenvalue weighted by molar-refractivity contribution is 0.767. The largest absolute Gasteiger partial charge is 0.310 e. The number of hydrogen-bond donors (Lipinski definition) is 0. The molecule has 0 N–H and O–H groups in total. The van der Waals surface area contributed by atoms with Crippen molar-refractivity contribution in [2.45, 2.75) is 5.41 Å². The van der Waals surface area contributed by atoms with Gasteiger partial charge < -0.3 is 4.90 Å². The Morgan fingerprint density at radius 3 is 1.69 bits per heavy atom. The molecule has 0 radical (unpaired) electrons. The second kappa shape index (κ2) is 17.6. The van der Waals surface area contributed by atoms with Gasteiger partial charge in [0.1, 0.15) is 0 Å². The van der Waals surface area contributed by atoms with Gasteiger partial charge in [0.15, 0.2) is 0 Å². The molecule has 0 heterocycles. The third-order valence-corrected chi connectivity index (χ3v) is 12.3. The van der Waals surface area contributed by atoms with Crippen LogP contribution < -0.4 is 4.90 Å². The summed E-state index contributed by atoms with van der Waals surface area (Å²) in [5.41, 5.74) is 16.4. The first-order valence-corrected chi connectivity index (χ1v) is 21.7. The molecule has 1 aliphatic rings. The maximum Gasteiger partial charge on any atom is 0.0714 e. The minimum atomic E-state index is -0.711. The van der Waals surface area contributed by atoms with Crippen LogP contribution in [0.5, 0.6) is 0 Å². The molecule has 0 saturated heterocycles. The predicted molar refractivity (Wildman–Crippen MR) is 272 cm³/mol. The van der Waals surface area contributed by atoms with E-state index in [1.54, 1.807) is 0 Å². The van der Waals surface area contributed by atoms with Gasteiger partial charge in [0.25, 0.3) is 0 Å². The van der Waals surface area contributed by atoms with Crippen LogP contribution in [0.1, 0.15) is 36.1 Å². The molecule has 0 bridgehead atoms. The third-order valence-electron chi connectivity index (χ3n) is 12.3. The van der Waals surface area contributed by atoms with E-state index in [0.29, 0.717) is 23.3 Å². The molecule has 0 spiro atoms. The molecule has 9 aromatic carbocycles. The summed E-state index contributed by atoms with van der Waals surface area (Å²) in [6.45, 7) is 8.51. The van der Waals surface area contributed by atoms with Crippen LogP contribution in [0.2, 0.25) is 0 Å². The summed E-state index contributed by atoms with van der Waals surface area (Å²) < 4.78 is 19.7. The number of nitrogens with zero attached hydrogens (tertiary/aromatic N) is 1. The van der Waals surface area contributed by atoms with Gasteiger partial charge in [0, 0.05) is 17.1 Å². The van der Waals surface area contributed by atoms with E-state index in [9.17, 15) is 2.74 Å². The first kappa shape index (κ1) is 37.5. The Labute approximate surface area is 380 Å². The van der Waals surface area contributed by atoms with E-state index >= 15 is 0 Å². The Morgan fingerprint density at radius 1 is 0.453 bits per heavy atom. The number of benzene rings is 9. The summed E-state index contributed by atoms with van der Waals surface area (Å²) in [6, 6.07) is 78.2. The molecule has 304 valence electrons. The Bertz CT molecular complexity index is 3280. The molecule has 1 atom stereocenters. The molecule has 1 unspecified atom stereocenters. The molecule has 0 fully saturated rings. The van der Waals surface area contributed by atoms with E-state index in [1.165, 1.54) is 5.56 Å². The molecule has 64 heavy (non-hydrogen) atoms. The fraction of sp³-hybridized carbons (Fsp3) is 0.0159. The van der Waals surface area contributed by atoms with Crippen LogP contribution in [0.15, 0.2) is 273 Å². The number of allylic oxidation sites excluding steroid dienone is 4. The smallest absolute Gasteiger partial charge is 0.0714 e. The van der Waals surface area contributed by atoms with Crippen LogP contribution in [0.4, 0.5) is 17.1 Å². The van der Waals surface area contributed by atoms with Gasteiger partial charge in [0.05, 0.1) is 8.16 Å². The minimum Gasteiger partial charge on any atom is -0.310 e. The fourth-order valence-corrected chi connectivity index (χ4v) is 9.49. The lowest BCUT2D eigenvalue weighted by Crippen LogP contribution is -2.29. The van der Waals surface area contributed by atoms with Crippen molar-refractivity contribution in [2.24, 2.45) is 0 Å². The molecule has 0 amide bonds. The number of anilines is 3. The van der Waals surface area contributed by atoms with Crippen molar-refractivity contribution in [3.05, 3.63) is 307 Å². The lowest BCUT2D eigenvalue weighted by atomic mass is 9.67. The van der Waals surface area contributed by atoms with Crippen molar-refractivity contribution in [2.75, 3.05) is 4.90 Å². The molecule has 1 nitrogen and oxygen atoms in total. The Kier molecular flexibility index (Phi) is 10.3. The molecule has 1 heteroatoms. The standard InChI is InChI=1S/C63H47N/c1-3-21-51(4-2)63(52-28-15-8-16-29-52)61-33-20-19-32-58(61)59-43-42-55(45-62(59)63)64(53-38-34-49(35-39-53)57-31-18-17-30-56(57)47-24-11-6-12-25-47)54-40-36-50(37-41-54)60(48-26-13-7-14-27-48)44-46-22-9-5-10-23-46/h3-45H,1-2H2/b51-21+,60-44+/i36D,41D. The second-order valence-corrected chi connectivity index (χ2v) is 16.0. The average Bonchev–Trinajstić information content (AvgIpc) is 3.67. The van der Waals surface area contributed by atoms with E-state index < -0.39 is 5.41 Å². The normalized spacial score (nSPS) is 14.8. The van der Waals surface area contributed by atoms with Crippen molar-refractivity contribution in [1.29, 1.82) is 0 Å². The van der Waals surface area contributed by atoms with E-state index in [1.807, 2.05) is 66.7 Å². The van der Waals surface area contributed by atoms with Gasteiger partial charge in [-0.2, -0.15) is 0 Å². The van der Waals surface area contributed by atoms with Gasteiger partial charge in [-0.05, 0) is 120 Å². The molecule has 10 rings (SSSR count). The van der Waals surface area contributed by atoms with Crippen LogP contribution in [0.3, 0.4) is 0 Å². The quantitative estimate of drug-likeness (QED) is 0.0877. The Morgan fingerprint density at radius 2 is 1.02 bits per heavy atom. The SMILES string of the molecule is [2H]c1cc(N(c2ccc(-c3ccccc3-c3ccccc3)cc2)c2ccc3c(c2)C(/C(C=C)=C/C=C)(c2ccccc2)c2ccccc2-3)c([2H])cc1/C(=C/c1ccccc1)c1ccccc1. The van der Waals surface area contributed by atoms with Gasteiger partial charge in [-0.3, -0.25) is 0 Å².